The Bertz CT molecular complexity index is 411. The van der Waals surface area contributed by atoms with E-state index in [1.165, 1.54) is 18.6 Å². The Morgan fingerprint density at radius 1 is 1.32 bits per heavy atom. The first kappa shape index (κ1) is 14.0. The first-order valence-corrected chi connectivity index (χ1v) is 6.90. The van der Waals surface area contributed by atoms with Crippen molar-refractivity contribution in [1.82, 2.24) is 10.2 Å². The highest BCUT2D eigenvalue weighted by molar-refractivity contribution is 5.94. The quantitative estimate of drug-likeness (QED) is 0.905. The first-order chi connectivity index (χ1) is 9.20. The standard InChI is InChI=1S/C15H21FN2O/c1-17-9-6-12-7-10-18(11-8-12)15(19)13-2-4-14(16)5-3-13/h2-5,12,17H,6-11H2,1H3. The molecule has 104 valence electrons. The van der Waals surface area contributed by atoms with Gasteiger partial charge in [0.05, 0.1) is 0 Å². The fraction of sp³-hybridized carbons (Fsp3) is 0.533. The van der Waals surface area contributed by atoms with Gasteiger partial charge in [-0.1, -0.05) is 0 Å². The molecule has 2 rings (SSSR count). The number of carbonyl (C=O) groups excluding carboxylic acids is 1. The highest BCUT2D eigenvalue weighted by atomic mass is 19.1. The average Bonchev–Trinajstić information content (AvgIpc) is 2.46. The van der Waals surface area contributed by atoms with E-state index in [1.54, 1.807) is 12.1 Å². The maximum Gasteiger partial charge on any atom is 0.253 e. The predicted molar refractivity (Wildman–Crippen MR) is 73.6 cm³/mol. The summed E-state index contributed by atoms with van der Waals surface area (Å²) in [4.78, 5) is 14.1. The van der Waals surface area contributed by atoms with E-state index in [0.29, 0.717) is 11.5 Å². The Kier molecular flexibility index (Phi) is 4.91. The molecule has 0 atom stereocenters. The summed E-state index contributed by atoms with van der Waals surface area (Å²) in [5.74, 6) is 0.430. The van der Waals surface area contributed by atoms with Crippen LogP contribution in [0.4, 0.5) is 4.39 Å². The minimum absolute atomic E-state index is 0.0204. The molecule has 0 radical (unpaired) electrons. The van der Waals surface area contributed by atoms with Gasteiger partial charge in [-0.05, 0) is 63.0 Å². The largest absolute Gasteiger partial charge is 0.339 e. The fourth-order valence-corrected chi connectivity index (χ4v) is 2.55. The molecule has 0 aromatic heterocycles. The molecule has 1 aliphatic heterocycles. The molecule has 4 heteroatoms. The smallest absolute Gasteiger partial charge is 0.253 e. The molecule has 1 N–H and O–H groups in total. The van der Waals surface area contributed by atoms with Crippen LogP contribution in [-0.2, 0) is 0 Å². The highest BCUT2D eigenvalue weighted by Gasteiger charge is 2.23. The van der Waals surface area contributed by atoms with Crippen molar-refractivity contribution < 1.29 is 9.18 Å². The van der Waals surface area contributed by atoms with Crippen molar-refractivity contribution in [2.75, 3.05) is 26.7 Å². The molecule has 1 heterocycles. The maximum atomic E-state index is 12.8. The average molecular weight is 264 g/mol. The molecule has 0 aliphatic carbocycles. The number of likely N-dealkylation sites (tertiary alicyclic amines) is 1. The summed E-state index contributed by atoms with van der Waals surface area (Å²) in [6, 6.07) is 5.80. The van der Waals surface area contributed by atoms with Crippen molar-refractivity contribution in [2.24, 2.45) is 5.92 Å². The van der Waals surface area contributed by atoms with Crippen molar-refractivity contribution >= 4 is 5.91 Å². The molecule has 1 aliphatic rings. The molecule has 19 heavy (non-hydrogen) atoms. The van der Waals surface area contributed by atoms with Crippen LogP contribution in [0.3, 0.4) is 0 Å². The second-order valence-corrected chi connectivity index (χ2v) is 5.13. The van der Waals surface area contributed by atoms with Crippen LogP contribution in [0.25, 0.3) is 0 Å². The van der Waals surface area contributed by atoms with E-state index in [1.807, 2.05) is 11.9 Å². The minimum Gasteiger partial charge on any atom is -0.339 e. The van der Waals surface area contributed by atoms with Crippen LogP contribution in [0.15, 0.2) is 24.3 Å². The summed E-state index contributed by atoms with van der Waals surface area (Å²) < 4.78 is 12.8. The second-order valence-electron chi connectivity index (χ2n) is 5.13. The summed E-state index contributed by atoms with van der Waals surface area (Å²) in [5.41, 5.74) is 0.579. The summed E-state index contributed by atoms with van der Waals surface area (Å²) in [5, 5.41) is 3.16. The van der Waals surface area contributed by atoms with Gasteiger partial charge in [0, 0.05) is 18.7 Å². The molecule has 1 aromatic carbocycles. The molecular weight excluding hydrogens is 243 g/mol. The van der Waals surface area contributed by atoms with Crippen LogP contribution < -0.4 is 5.32 Å². The maximum absolute atomic E-state index is 12.8. The minimum atomic E-state index is -0.303. The highest BCUT2D eigenvalue weighted by Crippen LogP contribution is 2.21. The van der Waals surface area contributed by atoms with E-state index in [9.17, 15) is 9.18 Å². The Morgan fingerprint density at radius 2 is 1.95 bits per heavy atom. The molecule has 0 bridgehead atoms. The van der Waals surface area contributed by atoms with Crippen LogP contribution in [-0.4, -0.2) is 37.5 Å². The zero-order valence-electron chi connectivity index (χ0n) is 11.4. The molecule has 0 unspecified atom stereocenters. The Balaban J connectivity index is 1.87. The van der Waals surface area contributed by atoms with Gasteiger partial charge in [-0.2, -0.15) is 0 Å². The summed E-state index contributed by atoms with van der Waals surface area (Å²) in [6.07, 6.45) is 3.30. The molecule has 0 spiro atoms. The van der Waals surface area contributed by atoms with Crippen LogP contribution in [0.5, 0.6) is 0 Å². The topological polar surface area (TPSA) is 32.3 Å². The SMILES string of the molecule is CNCCC1CCN(C(=O)c2ccc(F)cc2)CC1. The predicted octanol–water partition coefficient (Wildman–Crippen LogP) is 2.29. The van der Waals surface area contributed by atoms with Crippen molar-refractivity contribution in [3.05, 3.63) is 35.6 Å². The monoisotopic (exact) mass is 264 g/mol. The van der Waals surface area contributed by atoms with Crippen LogP contribution >= 0.6 is 0 Å². The van der Waals surface area contributed by atoms with Gasteiger partial charge in [0.2, 0.25) is 0 Å². The van der Waals surface area contributed by atoms with Gasteiger partial charge >= 0.3 is 0 Å². The zero-order valence-corrected chi connectivity index (χ0v) is 11.4. The molecule has 1 fully saturated rings. The van der Waals surface area contributed by atoms with E-state index in [0.717, 1.165) is 32.5 Å². The third-order valence-corrected chi connectivity index (χ3v) is 3.80. The summed E-state index contributed by atoms with van der Waals surface area (Å²) in [7, 11) is 1.97. The molecular formula is C15H21FN2O. The van der Waals surface area contributed by atoms with E-state index >= 15 is 0 Å². The third-order valence-electron chi connectivity index (χ3n) is 3.80. The number of hydrogen-bond donors (Lipinski definition) is 1. The van der Waals surface area contributed by atoms with Crippen LogP contribution in [0.2, 0.25) is 0 Å². The Labute approximate surface area is 113 Å². The van der Waals surface area contributed by atoms with Gasteiger partial charge < -0.3 is 10.2 Å². The number of piperidine rings is 1. The van der Waals surface area contributed by atoms with Crippen LogP contribution in [0.1, 0.15) is 29.6 Å². The van der Waals surface area contributed by atoms with Gasteiger partial charge in [0.15, 0.2) is 0 Å². The molecule has 1 amide bonds. The van der Waals surface area contributed by atoms with Gasteiger partial charge in [-0.25, -0.2) is 4.39 Å². The number of nitrogens with one attached hydrogen (secondary N) is 1. The van der Waals surface area contributed by atoms with Gasteiger partial charge in [0.1, 0.15) is 5.82 Å². The fourth-order valence-electron chi connectivity index (χ4n) is 2.55. The molecule has 1 saturated heterocycles. The van der Waals surface area contributed by atoms with Gasteiger partial charge in [-0.15, -0.1) is 0 Å². The number of halogens is 1. The number of benzene rings is 1. The van der Waals surface area contributed by atoms with E-state index in [4.69, 9.17) is 0 Å². The molecule has 0 saturated carbocycles. The number of nitrogens with zero attached hydrogens (tertiary/aromatic N) is 1. The number of hydrogen-bond acceptors (Lipinski definition) is 2. The zero-order chi connectivity index (χ0) is 13.7. The lowest BCUT2D eigenvalue weighted by Crippen LogP contribution is -2.38. The van der Waals surface area contributed by atoms with Crippen LogP contribution in [0, 0.1) is 11.7 Å². The van der Waals surface area contributed by atoms with E-state index in [2.05, 4.69) is 5.32 Å². The van der Waals surface area contributed by atoms with E-state index < -0.39 is 0 Å². The van der Waals surface area contributed by atoms with Gasteiger partial charge in [-0.3, -0.25) is 4.79 Å². The lowest BCUT2D eigenvalue weighted by Gasteiger charge is -2.32. The first-order valence-electron chi connectivity index (χ1n) is 6.90. The van der Waals surface area contributed by atoms with Crippen molar-refractivity contribution in [3.8, 4) is 0 Å². The van der Waals surface area contributed by atoms with E-state index in [-0.39, 0.29) is 11.7 Å². The van der Waals surface area contributed by atoms with Crippen molar-refractivity contribution in [3.63, 3.8) is 0 Å². The second kappa shape index (κ2) is 6.66. The Hall–Kier alpha value is -1.42. The molecule has 3 nitrogen and oxygen atoms in total. The number of amides is 1. The number of carbonyl (C=O) groups is 1. The Morgan fingerprint density at radius 3 is 2.53 bits per heavy atom. The summed E-state index contributed by atoms with van der Waals surface area (Å²) in [6.45, 7) is 2.66. The number of rotatable bonds is 4. The van der Waals surface area contributed by atoms with Crippen molar-refractivity contribution in [2.45, 2.75) is 19.3 Å². The van der Waals surface area contributed by atoms with Gasteiger partial charge in [0.25, 0.3) is 5.91 Å². The summed E-state index contributed by atoms with van der Waals surface area (Å²) >= 11 is 0. The molecule has 1 aromatic rings. The lowest BCUT2D eigenvalue weighted by atomic mass is 9.93. The normalized spacial score (nSPS) is 16.6. The van der Waals surface area contributed by atoms with Crippen molar-refractivity contribution in [1.29, 1.82) is 0 Å². The third kappa shape index (κ3) is 3.77. The lowest BCUT2D eigenvalue weighted by molar-refractivity contribution is 0.0687.